The smallest absolute Gasteiger partial charge is 0.251 e. The molecule has 0 bridgehead atoms. The molecule has 0 spiro atoms. The second-order valence-corrected chi connectivity index (χ2v) is 8.78. The lowest BCUT2D eigenvalue weighted by molar-refractivity contribution is 0.0935. The van der Waals surface area contributed by atoms with Crippen LogP contribution in [0.1, 0.15) is 53.9 Å². The molecule has 0 saturated heterocycles. The summed E-state index contributed by atoms with van der Waals surface area (Å²) in [5.74, 6) is 0.318. The van der Waals surface area contributed by atoms with Crippen LogP contribution in [0.15, 0.2) is 42.5 Å². The second kappa shape index (κ2) is 7.17. The molecular formula is C22H22FN3OS. The van der Waals surface area contributed by atoms with Crippen molar-refractivity contribution in [1.82, 2.24) is 10.3 Å². The number of hydrogen-bond acceptors (Lipinski definition) is 4. The Morgan fingerprint density at radius 3 is 2.75 bits per heavy atom. The van der Waals surface area contributed by atoms with Crippen molar-refractivity contribution in [2.24, 2.45) is 0 Å². The van der Waals surface area contributed by atoms with Crippen molar-refractivity contribution in [3.8, 4) is 0 Å². The fourth-order valence-corrected chi connectivity index (χ4v) is 5.08. The molecule has 28 heavy (non-hydrogen) atoms. The van der Waals surface area contributed by atoms with Gasteiger partial charge in [0.15, 0.2) is 5.13 Å². The Balaban J connectivity index is 1.30. The zero-order valence-electron chi connectivity index (χ0n) is 15.5. The third-order valence-corrected chi connectivity index (χ3v) is 6.66. The van der Waals surface area contributed by atoms with Crippen LogP contribution in [0.2, 0.25) is 0 Å². The molecule has 2 fully saturated rings. The Morgan fingerprint density at radius 2 is 1.89 bits per heavy atom. The van der Waals surface area contributed by atoms with E-state index in [-0.39, 0.29) is 23.8 Å². The first-order chi connectivity index (χ1) is 13.7. The van der Waals surface area contributed by atoms with Crippen LogP contribution < -0.4 is 10.6 Å². The fraction of sp³-hybridized carbons (Fsp3) is 0.364. The molecule has 2 aromatic carbocycles. The Bertz CT molecular complexity index is 1030. The summed E-state index contributed by atoms with van der Waals surface area (Å²) >= 11 is 1.46. The summed E-state index contributed by atoms with van der Waals surface area (Å²) in [5, 5.41) is 7.51. The van der Waals surface area contributed by atoms with Gasteiger partial charge in [-0.2, -0.15) is 0 Å². The molecule has 1 amide bonds. The number of rotatable bonds is 5. The van der Waals surface area contributed by atoms with Gasteiger partial charge in [-0.3, -0.25) is 4.79 Å². The Kier molecular flexibility index (Phi) is 4.51. The molecule has 2 aliphatic carbocycles. The molecular weight excluding hydrogens is 373 g/mol. The summed E-state index contributed by atoms with van der Waals surface area (Å²) in [7, 11) is 0. The quantitative estimate of drug-likeness (QED) is 0.634. The van der Waals surface area contributed by atoms with E-state index < -0.39 is 0 Å². The lowest BCUT2D eigenvalue weighted by Gasteiger charge is -2.22. The number of nitrogens with one attached hydrogen (secondary N) is 2. The highest BCUT2D eigenvalue weighted by atomic mass is 32.1. The number of carbonyl (C=O) groups is 1. The summed E-state index contributed by atoms with van der Waals surface area (Å²) < 4.78 is 14.3. The standard InChI is InChI=1S/C22H22FN3OS/c23-14-10-11-19-20(12-14)28-22(26-19)25-18-7-3-6-17(18)24-21(27)16-5-2-1-4-15(16)13-8-9-13/h1-2,4-5,10-13,17-18H,3,6-9H2,(H,24,27)(H,25,26)/t17-,18-/m1/s1. The monoisotopic (exact) mass is 395 g/mol. The summed E-state index contributed by atoms with van der Waals surface area (Å²) in [6.45, 7) is 0. The normalized spacial score (nSPS) is 21.8. The highest BCUT2D eigenvalue weighted by Gasteiger charge is 2.32. The maximum absolute atomic E-state index is 13.4. The predicted molar refractivity (Wildman–Crippen MR) is 111 cm³/mol. The van der Waals surface area contributed by atoms with Gasteiger partial charge in [0.05, 0.1) is 10.2 Å². The number of benzene rings is 2. The molecule has 2 N–H and O–H groups in total. The van der Waals surface area contributed by atoms with Gasteiger partial charge in [0.2, 0.25) is 0 Å². The molecule has 2 aliphatic rings. The maximum atomic E-state index is 13.4. The van der Waals surface area contributed by atoms with Gasteiger partial charge in [0.1, 0.15) is 5.82 Å². The second-order valence-electron chi connectivity index (χ2n) is 7.75. The molecule has 3 aromatic rings. The Morgan fingerprint density at radius 1 is 1.07 bits per heavy atom. The largest absolute Gasteiger partial charge is 0.357 e. The van der Waals surface area contributed by atoms with E-state index >= 15 is 0 Å². The number of aromatic nitrogens is 1. The first kappa shape index (κ1) is 17.6. The van der Waals surface area contributed by atoms with Crippen molar-refractivity contribution in [3.05, 3.63) is 59.4 Å². The van der Waals surface area contributed by atoms with Gasteiger partial charge < -0.3 is 10.6 Å². The average molecular weight is 396 g/mol. The number of thiazole rings is 1. The molecule has 5 rings (SSSR count). The number of halogens is 1. The fourth-order valence-electron chi connectivity index (χ4n) is 4.12. The first-order valence-corrected chi connectivity index (χ1v) is 10.7. The van der Waals surface area contributed by atoms with E-state index in [9.17, 15) is 9.18 Å². The van der Waals surface area contributed by atoms with Crippen LogP contribution in [-0.2, 0) is 0 Å². The van der Waals surface area contributed by atoms with E-state index in [4.69, 9.17) is 0 Å². The third kappa shape index (κ3) is 3.49. The van der Waals surface area contributed by atoms with E-state index in [1.165, 1.54) is 41.9 Å². The van der Waals surface area contributed by atoms with Gasteiger partial charge in [-0.1, -0.05) is 29.5 Å². The van der Waals surface area contributed by atoms with Crippen molar-refractivity contribution in [3.63, 3.8) is 0 Å². The van der Waals surface area contributed by atoms with E-state index in [2.05, 4.69) is 21.7 Å². The van der Waals surface area contributed by atoms with Crippen LogP contribution in [0.4, 0.5) is 9.52 Å². The molecule has 1 heterocycles. The third-order valence-electron chi connectivity index (χ3n) is 5.71. The van der Waals surface area contributed by atoms with Crippen LogP contribution in [0.5, 0.6) is 0 Å². The molecule has 2 saturated carbocycles. The van der Waals surface area contributed by atoms with E-state index in [0.29, 0.717) is 5.92 Å². The number of anilines is 1. The summed E-state index contributed by atoms with van der Waals surface area (Å²) in [5.41, 5.74) is 2.78. The van der Waals surface area contributed by atoms with Crippen LogP contribution in [0, 0.1) is 5.82 Å². The molecule has 0 unspecified atom stereocenters. The van der Waals surface area contributed by atoms with Crippen molar-refractivity contribution in [2.45, 2.75) is 50.1 Å². The zero-order valence-corrected chi connectivity index (χ0v) is 16.3. The summed E-state index contributed by atoms with van der Waals surface area (Å²) in [6.07, 6.45) is 5.35. The molecule has 4 nitrogen and oxygen atoms in total. The number of carbonyl (C=O) groups excluding carboxylic acids is 1. The minimum Gasteiger partial charge on any atom is -0.357 e. The summed E-state index contributed by atoms with van der Waals surface area (Å²) in [6, 6.07) is 12.8. The average Bonchev–Trinajstić information content (AvgIpc) is 3.34. The molecule has 6 heteroatoms. The van der Waals surface area contributed by atoms with E-state index in [0.717, 1.165) is 40.2 Å². The van der Waals surface area contributed by atoms with Crippen LogP contribution >= 0.6 is 11.3 Å². The van der Waals surface area contributed by atoms with Crippen LogP contribution in [0.25, 0.3) is 10.2 Å². The van der Waals surface area contributed by atoms with E-state index in [1.807, 2.05) is 18.2 Å². The van der Waals surface area contributed by atoms with Crippen molar-refractivity contribution >= 4 is 32.6 Å². The predicted octanol–water partition coefficient (Wildman–Crippen LogP) is 5.08. The van der Waals surface area contributed by atoms with Gasteiger partial charge >= 0.3 is 0 Å². The molecule has 1 aromatic heterocycles. The van der Waals surface area contributed by atoms with Gasteiger partial charge in [0, 0.05) is 17.6 Å². The van der Waals surface area contributed by atoms with Gasteiger partial charge in [0.25, 0.3) is 5.91 Å². The molecule has 0 radical (unpaired) electrons. The van der Waals surface area contributed by atoms with Gasteiger partial charge in [-0.15, -0.1) is 0 Å². The topological polar surface area (TPSA) is 54.0 Å². The highest BCUT2D eigenvalue weighted by molar-refractivity contribution is 7.22. The molecule has 0 aliphatic heterocycles. The van der Waals surface area contributed by atoms with Crippen LogP contribution in [0.3, 0.4) is 0 Å². The minimum atomic E-state index is -0.247. The summed E-state index contributed by atoms with van der Waals surface area (Å²) in [4.78, 5) is 17.5. The maximum Gasteiger partial charge on any atom is 0.251 e. The van der Waals surface area contributed by atoms with E-state index in [1.54, 1.807) is 6.07 Å². The number of fused-ring (bicyclic) bond motifs is 1. The van der Waals surface area contributed by atoms with Gasteiger partial charge in [-0.25, -0.2) is 9.37 Å². The van der Waals surface area contributed by atoms with Gasteiger partial charge in [-0.05, 0) is 67.9 Å². The van der Waals surface area contributed by atoms with Crippen LogP contribution in [-0.4, -0.2) is 23.0 Å². The Hall–Kier alpha value is -2.47. The van der Waals surface area contributed by atoms with Crippen molar-refractivity contribution in [2.75, 3.05) is 5.32 Å². The lowest BCUT2D eigenvalue weighted by Crippen LogP contribution is -2.43. The number of nitrogens with zero attached hydrogens (tertiary/aromatic N) is 1. The van der Waals surface area contributed by atoms with Crippen molar-refractivity contribution in [1.29, 1.82) is 0 Å². The minimum absolute atomic E-state index is 0.0209. The molecule has 2 atom stereocenters. The van der Waals surface area contributed by atoms with Crippen molar-refractivity contribution < 1.29 is 9.18 Å². The number of hydrogen-bond donors (Lipinski definition) is 2. The SMILES string of the molecule is O=C(N[C@@H]1CCC[C@H]1Nc1nc2ccc(F)cc2s1)c1ccccc1C1CC1. The lowest BCUT2D eigenvalue weighted by atomic mass is 10.0. The number of amides is 1. The zero-order chi connectivity index (χ0) is 19.1. The Labute approximate surface area is 167 Å². The highest BCUT2D eigenvalue weighted by Crippen LogP contribution is 2.41. The first-order valence-electron chi connectivity index (χ1n) is 9.90. The molecule has 144 valence electrons.